The number of thiophene rings is 1. The van der Waals surface area contributed by atoms with Gasteiger partial charge in [-0.1, -0.05) is 0 Å². The summed E-state index contributed by atoms with van der Waals surface area (Å²) in [6, 6.07) is 5.60. The molecule has 2 N–H and O–H groups in total. The number of nitrogens with zero attached hydrogens (tertiary/aromatic N) is 2. The van der Waals surface area contributed by atoms with E-state index >= 15 is 0 Å². The Bertz CT molecular complexity index is 986. The van der Waals surface area contributed by atoms with Gasteiger partial charge in [-0.25, -0.2) is 4.79 Å². The molecule has 1 saturated heterocycles. The summed E-state index contributed by atoms with van der Waals surface area (Å²) in [5.74, 6) is 0.851. The van der Waals surface area contributed by atoms with Crippen molar-refractivity contribution in [1.29, 1.82) is 0 Å². The van der Waals surface area contributed by atoms with Crippen LogP contribution in [0.2, 0.25) is 0 Å². The number of rotatable bonds is 8. The maximum Gasteiger partial charge on any atom is 0.411 e. The van der Waals surface area contributed by atoms with Crippen molar-refractivity contribution >= 4 is 28.8 Å². The van der Waals surface area contributed by atoms with E-state index in [9.17, 15) is 9.90 Å². The quantitative estimate of drug-likeness (QED) is 0.569. The topological polar surface area (TPSA) is 102 Å². The van der Waals surface area contributed by atoms with Gasteiger partial charge in [-0.15, -0.1) is 11.3 Å². The lowest BCUT2D eigenvalue weighted by Gasteiger charge is -2.29. The summed E-state index contributed by atoms with van der Waals surface area (Å²) in [5.41, 5.74) is 2.99. The van der Waals surface area contributed by atoms with Crippen molar-refractivity contribution in [2.24, 2.45) is 0 Å². The third-order valence-corrected chi connectivity index (χ3v) is 6.30. The summed E-state index contributed by atoms with van der Waals surface area (Å²) < 4.78 is 22.4. The number of pyridine rings is 1. The minimum atomic E-state index is -0.987. The number of carbonyl (C=O) groups is 1. The Morgan fingerprint density at radius 3 is 2.88 bits per heavy atom. The summed E-state index contributed by atoms with van der Waals surface area (Å²) >= 11 is 1.54. The molecular weight excluding hydrogens is 434 g/mol. The van der Waals surface area contributed by atoms with Gasteiger partial charge in [-0.3, -0.25) is 4.90 Å². The second kappa shape index (κ2) is 10.2. The minimum Gasteiger partial charge on any atom is -0.475 e. The van der Waals surface area contributed by atoms with Crippen molar-refractivity contribution < 1.29 is 28.8 Å². The Morgan fingerprint density at radius 1 is 1.31 bits per heavy atom. The van der Waals surface area contributed by atoms with Gasteiger partial charge >= 0.3 is 6.09 Å². The van der Waals surface area contributed by atoms with Gasteiger partial charge in [0.15, 0.2) is 0 Å². The highest BCUT2D eigenvalue weighted by atomic mass is 32.1. The summed E-state index contributed by atoms with van der Waals surface area (Å²) in [6.45, 7) is 4.26. The van der Waals surface area contributed by atoms with Crippen molar-refractivity contribution in [3.8, 4) is 11.8 Å². The molecule has 0 saturated carbocycles. The molecule has 0 radical (unpaired) electrons. The standard InChI is InChI=1S/C22H27N3O6S/c1-14-20(16-7-12-32-18(16)13-25(14)22(26)27)23-17-3-4-19(30-11-10-28-2)24-21(17)31-15-5-8-29-9-6-15/h3-4,7,12,15,23H,5-6,8-11,13H2,1-2H3,(H,26,27). The fourth-order valence-electron chi connectivity index (χ4n) is 3.65. The number of allylic oxidation sites excluding steroid dienone is 1. The Morgan fingerprint density at radius 2 is 2.12 bits per heavy atom. The Hall–Kier alpha value is -2.82. The first-order valence-electron chi connectivity index (χ1n) is 10.5. The number of hydrogen-bond donors (Lipinski definition) is 2. The predicted octanol–water partition coefficient (Wildman–Crippen LogP) is 4.02. The highest BCUT2D eigenvalue weighted by Crippen LogP contribution is 2.38. The van der Waals surface area contributed by atoms with E-state index in [4.69, 9.17) is 18.9 Å². The van der Waals surface area contributed by atoms with Crippen molar-refractivity contribution in [3.63, 3.8) is 0 Å². The Kier molecular flexibility index (Phi) is 7.13. The number of anilines is 1. The highest BCUT2D eigenvalue weighted by molar-refractivity contribution is 7.10. The molecule has 32 heavy (non-hydrogen) atoms. The molecule has 4 rings (SSSR count). The molecule has 0 aromatic carbocycles. The average molecular weight is 462 g/mol. The zero-order valence-electron chi connectivity index (χ0n) is 18.1. The third kappa shape index (κ3) is 4.98. The van der Waals surface area contributed by atoms with Crippen LogP contribution in [0.4, 0.5) is 10.5 Å². The number of nitrogens with one attached hydrogen (secondary N) is 1. The first-order valence-corrected chi connectivity index (χ1v) is 11.4. The van der Waals surface area contributed by atoms with Crippen LogP contribution in [0.3, 0.4) is 0 Å². The molecule has 1 amide bonds. The van der Waals surface area contributed by atoms with Gasteiger partial charge < -0.3 is 29.4 Å². The van der Waals surface area contributed by atoms with E-state index in [-0.39, 0.29) is 6.10 Å². The van der Waals surface area contributed by atoms with Crippen molar-refractivity contribution in [1.82, 2.24) is 9.88 Å². The smallest absolute Gasteiger partial charge is 0.411 e. The lowest BCUT2D eigenvalue weighted by atomic mass is 10.1. The molecule has 2 aromatic heterocycles. The predicted molar refractivity (Wildman–Crippen MR) is 120 cm³/mol. The second-order valence-electron chi connectivity index (χ2n) is 7.48. The fourth-order valence-corrected chi connectivity index (χ4v) is 4.52. The van der Waals surface area contributed by atoms with Gasteiger partial charge in [-0.2, -0.15) is 4.98 Å². The number of carboxylic acid groups (broad SMARTS) is 1. The van der Waals surface area contributed by atoms with Crippen LogP contribution in [0.1, 0.15) is 30.2 Å². The van der Waals surface area contributed by atoms with Crippen molar-refractivity contribution in [2.75, 3.05) is 38.9 Å². The minimum absolute atomic E-state index is 0.0142. The van der Waals surface area contributed by atoms with E-state index in [1.165, 1.54) is 16.2 Å². The van der Waals surface area contributed by atoms with Crippen molar-refractivity contribution in [2.45, 2.75) is 32.4 Å². The number of aromatic nitrogens is 1. The van der Waals surface area contributed by atoms with E-state index in [0.717, 1.165) is 29.0 Å². The first-order chi connectivity index (χ1) is 15.6. The van der Waals surface area contributed by atoms with Crippen LogP contribution in [0.25, 0.3) is 5.70 Å². The van der Waals surface area contributed by atoms with Gasteiger partial charge in [0.1, 0.15) is 18.4 Å². The molecule has 172 valence electrons. The Balaban J connectivity index is 1.65. The van der Waals surface area contributed by atoms with E-state index in [1.807, 2.05) is 17.5 Å². The van der Waals surface area contributed by atoms with E-state index in [2.05, 4.69) is 10.3 Å². The molecule has 10 heteroatoms. The van der Waals surface area contributed by atoms with Crippen LogP contribution in [-0.2, 0) is 16.0 Å². The summed E-state index contributed by atoms with van der Waals surface area (Å²) in [6.07, 6.45) is 0.553. The molecule has 0 spiro atoms. The molecule has 0 bridgehead atoms. The molecule has 0 atom stereocenters. The third-order valence-electron chi connectivity index (χ3n) is 5.39. The maximum atomic E-state index is 11.8. The highest BCUT2D eigenvalue weighted by Gasteiger charge is 2.28. The zero-order chi connectivity index (χ0) is 22.5. The SMILES string of the molecule is COCCOc1ccc(NC2=C(C)N(C(=O)O)Cc3sccc32)c(OC2CCOCC2)n1. The van der Waals surface area contributed by atoms with E-state index < -0.39 is 6.09 Å². The molecule has 2 aliphatic heterocycles. The maximum absolute atomic E-state index is 11.8. The molecule has 4 heterocycles. The normalized spacial score (nSPS) is 16.6. The molecule has 9 nitrogen and oxygen atoms in total. The largest absolute Gasteiger partial charge is 0.475 e. The average Bonchev–Trinajstić information content (AvgIpc) is 3.26. The lowest BCUT2D eigenvalue weighted by Crippen LogP contribution is -2.32. The number of fused-ring (bicyclic) bond motifs is 1. The molecular formula is C22H27N3O6S. The van der Waals surface area contributed by atoms with Gasteiger partial charge in [0.25, 0.3) is 0 Å². The number of hydrogen-bond acceptors (Lipinski definition) is 8. The van der Waals surface area contributed by atoms with Crippen LogP contribution >= 0.6 is 11.3 Å². The van der Waals surface area contributed by atoms with Crippen LogP contribution < -0.4 is 14.8 Å². The van der Waals surface area contributed by atoms with Gasteiger partial charge in [0, 0.05) is 42.2 Å². The molecule has 0 unspecified atom stereocenters. The van der Waals surface area contributed by atoms with Gasteiger partial charge in [0.05, 0.1) is 32.1 Å². The molecule has 1 fully saturated rings. The molecule has 2 aliphatic rings. The summed E-state index contributed by atoms with van der Waals surface area (Å²) in [5, 5.41) is 15.0. The second-order valence-corrected chi connectivity index (χ2v) is 8.49. The van der Waals surface area contributed by atoms with Crippen LogP contribution in [0.15, 0.2) is 29.3 Å². The summed E-state index contributed by atoms with van der Waals surface area (Å²) in [7, 11) is 1.61. The van der Waals surface area contributed by atoms with E-state index in [0.29, 0.717) is 56.1 Å². The van der Waals surface area contributed by atoms with E-state index in [1.54, 1.807) is 20.1 Å². The van der Waals surface area contributed by atoms with Crippen molar-refractivity contribution in [3.05, 3.63) is 39.7 Å². The van der Waals surface area contributed by atoms with Gasteiger partial charge in [0.2, 0.25) is 11.8 Å². The molecule has 0 aliphatic carbocycles. The monoisotopic (exact) mass is 461 g/mol. The van der Waals surface area contributed by atoms with Gasteiger partial charge in [-0.05, 0) is 24.4 Å². The van der Waals surface area contributed by atoms with Crippen LogP contribution in [0.5, 0.6) is 11.8 Å². The lowest BCUT2D eigenvalue weighted by molar-refractivity contribution is 0.0237. The fraction of sp³-hybridized carbons (Fsp3) is 0.455. The summed E-state index contributed by atoms with van der Waals surface area (Å²) in [4.78, 5) is 18.7. The number of amides is 1. The first kappa shape index (κ1) is 22.4. The number of ether oxygens (including phenoxy) is 4. The van der Waals surface area contributed by atoms with Crippen LogP contribution in [0, 0.1) is 0 Å². The number of methoxy groups -OCH3 is 1. The molecule has 2 aromatic rings. The Labute approximate surface area is 190 Å². The zero-order valence-corrected chi connectivity index (χ0v) is 18.9. The van der Waals surface area contributed by atoms with Crippen LogP contribution in [-0.4, -0.2) is 60.7 Å².